The highest BCUT2D eigenvalue weighted by Crippen LogP contribution is 2.30. The Morgan fingerprint density at radius 2 is 0.857 bits per heavy atom. The summed E-state index contributed by atoms with van der Waals surface area (Å²) in [5, 5.41) is 28.5. The molecule has 2 heterocycles. The molecule has 4 rings (SSSR count). The smallest absolute Gasteiger partial charge is 0.294 e. The van der Waals surface area contributed by atoms with Crippen molar-refractivity contribution in [3.05, 3.63) is 81.4 Å². The lowest BCUT2D eigenvalue weighted by Crippen LogP contribution is -3.00. The zero-order chi connectivity index (χ0) is 41.6. The molecule has 2 aliphatic rings. The summed E-state index contributed by atoms with van der Waals surface area (Å²) in [6.45, 7) is 6.83. The fourth-order valence-corrected chi connectivity index (χ4v) is 5.30. The van der Waals surface area contributed by atoms with Crippen molar-refractivity contribution in [2.75, 3.05) is 101 Å². The topological polar surface area (TPSA) is 130 Å². The Morgan fingerprint density at radius 1 is 0.571 bits per heavy atom. The minimum atomic E-state index is -0.357. The number of rotatable bonds is 17. The van der Waals surface area contributed by atoms with Gasteiger partial charge in [0, 0.05) is 302 Å². The zero-order valence-electron chi connectivity index (χ0n) is 30.6. The molecule has 0 bridgehead atoms. The molecular weight excluding hydrogens is 1900 g/mol. The number of benzene rings is 2. The van der Waals surface area contributed by atoms with E-state index in [0.29, 0.717) is 11.4 Å². The van der Waals surface area contributed by atoms with Crippen molar-refractivity contribution in [3.63, 3.8) is 0 Å². The van der Waals surface area contributed by atoms with Gasteiger partial charge in [0.2, 0.25) is 0 Å². The second-order valence-electron chi connectivity index (χ2n) is 11.1. The molecule has 0 saturated carbocycles. The number of hydrogen-bond donors (Lipinski definition) is 2. The lowest BCUT2D eigenvalue weighted by atomic mass is 10.2. The fourth-order valence-electron chi connectivity index (χ4n) is 5.30. The van der Waals surface area contributed by atoms with Gasteiger partial charge in [0.15, 0.2) is 0 Å². The van der Waals surface area contributed by atoms with E-state index in [-0.39, 0.29) is 46.0 Å². The molecule has 56 heavy (non-hydrogen) atoms. The van der Waals surface area contributed by atoms with Gasteiger partial charge in [-0.1, -0.05) is 0 Å². The Bertz CT molecular complexity index is 1300. The van der Waals surface area contributed by atoms with Crippen molar-refractivity contribution in [2.24, 2.45) is 0 Å². The predicted molar refractivity (Wildman–Crippen MR) is 316 cm³/mol. The quantitative estimate of drug-likeness (QED) is 0.0741. The first-order valence-electron chi connectivity index (χ1n) is 15.6. The number of likely N-dealkylation sites (N-methyl/N-ethyl adjacent to an activating group) is 2. The summed E-state index contributed by atoms with van der Waals surface area (Å²) in [7, 11) is 7.28. The summed E-state index contributed by atoms with van der Waals surface area (Å²) in [5.41, 5.74) is 2.82. The number of nitro groups is 2. The second-order valence-corrected chi connectivity index (χ2v) is 11.1. The third kappa shape index (κ3) is 25.3. The van der Waals surface area contributed by atoms with Crippen LogP contribution in [-0.4, -0.2) is 110 Å². The van der Waals surface area contributed by atoms with Crippen molar-refractivity contribution < 1.29 is 34.7 Å². The van der Waals surface area contributed by atoms with Crippen LogP contribution in [0.4, 0.5) is 34.1 Å². The van der Waals surface area contributed by atoms with Gasteiger partial charge in [-0.3, -0.25) is 20.2 Å². The van der Waals surface area contributed by atoms with Gasteiger partial charge in [0.1, 0.15) is 11.4 Å². The first-order chi connectivity index (χ1) is 26.2. The number of unbranched alkanes of at least 4 members (excludes halogenated alkanes) is 1. The molecule has 2 N–H and O–H groups in total. The van der Waals surface area contributed by atoms with E-state index in [2.05, 4.69) is 241 Å². The largest absolute Gasteiger partial charge is 1.00 e. The minimum Gasteiger partial charge on any atom is -1.00 e. The van der Waals surface area contributed by atoms with Gasteiger partial charge in [0.05, 0.1) is 23.2 Å². The molecule has 0 fully saturated rings. The molecule has 324 valence electrons. The van der Waals surface area contributed by atoms with Crippen LogP contribution in [0.1, 0.15) is 12.8 Å². The molecule has 2 aromatic rings. The average molecular weight is 1950 g/mol. The number of hydrogen-bond acceptors (Lipinski definition) is 12. The molecule has 0 spiro atoms. The van der Waals surface area contributed by atoms with Crippen LogP contribution in [0, 0.1) is 20.2 Å². The van der Waals surface area contributed by atoms with E-state index in [9.17, 15) is 20.2 Å². The molecule has 2 aromatic carbocycles. The van der Waals surface area contributed by atoms with Crippen LogP contribution in [0.2, 0.25) is 0 Å². The van der Waals surface area contributed by atoms with E-state index >= 15 is 0 Å². The van der Waals surface area contributed by atoms with E-state index in [1.54, 1.807) is 38.4 Å². The molecule has 0 aromatic heterocycles. The summed E-state index contributed by atoms with van der Waals surface area (Å²) in [5.74, 6) is 0. The van der Waals surface area contributed by atoms with Gasteiger partial charge in [-0.2, -0.15) is 0 Å². The number of nitrogens with one attached hydrogen (secondary N) is 2. The van der Waals surface area contributed by atoms with Gasteiger partial charge in [-0.05, 0) is 37.1 Å². The molecule has 14 nitrogen and oxygen atoms in total. The van der Waals surface area contributed by atoms with Gasteiger partial charge >= 0.3 is 0 Å². The summed E-state index contributed by atoms with van der Waals surface area (Å²) >= 11 is 21.2. The maximum Gasteiger partial charge on any atom is 0.294 e. The Balaban J connectivity index is -0.00000104. The standard InChI is InChI=1S/C30H44N10O4.2ClH.5I2/c1-31-27-9-7-25(21-29(27)39(41)42)33(3)13-15-37-19-17-35(23-37)11-5-6-12-36-18-20-38(24-36)16-14-34(4)26-8-10-28(32-2)30(22-26)40(43)44;;;5*1-2/h7-10,17-22,31-32H,5-6,11-16,23-24H2,1-4H3;2*1H;;;;;/p-2. The minimum absolute atomic E-state index is 0. The monoisotopic (exact) mass is 1950 g/mol. The van der Waals surface area contributed by atoms with E-state index in [1.807, 2.05) is 36.0 Å². The number of nitrogens with zero attached hydrogens (tertiary/aromatic N) is 8. The number of anilines is 4. The van der Waals surface area contributed by atoms with E-state index < -0.39 is 0 Å². The molecule has 0 saturated heterocycles. The molecule has 2 aliphatic heterocycles. The van der Waals surface area contributed by atoms with Crippen LogP contribution >= 0.6 is 186 Å². The van der Waals surface area contributed by atoms with Gasteiger partial charge in [0.25, 0.3) is 11.4 Å². The second kappa shape index (κ2) is 42.0. The van der Waals surface area contributed by atoms with Crippen LogP contribution < -0.4 is 45.2 Å². The third-order valence-electron chi connectivity index (χ3n) is 8.07. The first kappa shape index (κ1) is 65.6. The Morgan fingerprint density at radius 3 is 1.12 bits per heavy atom. The van der Waals surface area contributed by atoms with Crippen LogP contribution in [0.3, 0.4) is 0 Å². The SMILES string of the molecule is CNc1ccc(N(C)CCN2C=CN(CCCCN3C=CN(CCN(C)c4ccc(NC)c([N+](=O)[O-])c4)C3)C2)cc1[N+](=O)[O-].II.II.II.II.II.[Cl-].[Cl-]. The summed E-state index contributed by atoms with van der Waals surface area (Å²) < 4.78 is 0. The van der Waals surface area contributed by atoms with Crippen molar-refractivity contribution in [3.8, 4) is 0 Å². The Labute approximate surface area is 461 Å². The zero-order valence-corrected chi connectivity index (χ0v) is 53.7. The summed E-state index contributed by atoms with van der Waals surface area (Å²) in [6, 6.07) is 10.5. The number of halogens is 12. The molecule has 0 amide bonds. The molecule has 26 heteroatoms. The molecular formula is C30H44Cl2I10N10O4-2. The Hall–Kier alpha value is 3.00. The van der Waals surface area contributed by atoms with Crippen LogP contribution in [-0.2, 0) is 0 Å². The highest BCUT2D eigenvalue weighted by molar-refractivity contribution is 15.0. The van der Waals surface area contributed by atoms with Crippen LogP contribution in [0.25, 0.3) is 0 Å². The average Bonchev–Trinajstić information content (AvgIpc) is 3.90. The Kier molecular flexibility index (Phi) is 49.2. The molecule has 0 unspecified atom stereocenters. The van der Waals surface area contributed by atoms with Crippen molar-refractivity contribution >= 4 is 220 Å². The first-order valence-corrected chi connectivity index (χ1v) is 47.0. The highest BCUT2D eigenvalue weighted by Gasteiger charge is 2.19. The third-order valence-corrected chi connectivity index (χ3v) is 8.07. The van der Waals surface area contributed by atoms with E-state index in [1.165, 1.54) is 0 Å². The molecule has 0 aliphatic carbocycles. The van der Waals surface area contributed by atoms with Gasteiger partial charge < -0.3 is 64.8 Å². The summed E-state index contributed by atoms with van der Waals surface area (Å²) in [4.78, 5) is 35.3. The van der Waals surface area contributed by atoms with Crippen LogP contribution in [0.5, 0.6) is 0 Å². The highest BCUT2D eigenvalue weighted by atomic mass is 128. The van der Waals surface area contributed by atoms with Gasteiger partial charge in [-0.25, -0.2) is 0 Å². The lowest BCUT2D eigenvalue weighted by Gasteiger charge is -2.26. The fraction of sp³-hybridized carbons (Fsp3) is 0.467. The molecule has 0 atom stereocenters. The lowest BCUT2D eigenvalue weighted by molar-refractivity contribution is -0.384. The van der Waals surface area contributed by atoms with Crippen molar-refractivity contribution in [2.45, 2.75) is 12.8 Å². The normalized spacial score (nSPS) is 11.5. The van der Waals surface area contributed by atoms with Gasteiger partial charge in [-0.15, -0.1) is 0 Å². The summed E-state index contributed by atoms with van der Waals surface area (Å²) in [6.07, 6.45) is 10.7. The van der Waals surface area contributed by atoms with Crippen molar-refractivity contribution in [1.82, 2.24) is 19.6 Å². The molecule has 0 radical (unpaired) electrons. The predicted octanol–water partition coefficient (Wildman–Crippen LogP) is 6.90. The maximum absolute atomic E-state index is 11.4. The van der Waals surface area contributed by atoms with Crippen LogP contribution in [0.15, 0.2) is 61.2 Å². The maximum atomic E-state index is 11.4. The van der Waals surface area contributed by atoms with E-state index in [4.69, 9.17) is 0 Å². The van der Waals surface area contributed by atoms with Crippen molar-refractivity contribution in [1.29, 1.82) is 0 Å². The number of nitro benzene ring substituents is 2. The van der Waals surface area contributed by atoms with E-state index in [0.717, 1.165) is 76.8 Å².